The predicted octanol–water partition coefficient (Wildman–Crippen LogP) is 2.75. The molecule has 6 heteroatoms. The Kier molecular flexibility index (Phi) is 7.55. The molecule has 3 amide bonds. The first-order valence-corrected chi connectivity index (χ1v) is 8.29. The second-order valence-electron chi connectivity index (χ2n) is 6.76. The van der Waals surface area contributed by atoms with E-state index in [0.29, 0.717) is 6.61 Å². The van der Waals surface area contributed by atoms with Crippen molar-refractivity contribution in [2.24, 2.45) is 0 Å². The number of rotatable bonds is 7. The molecular weight excluding hydrogens is 306 g/mol. The minimum Gasteiger partial charge on any atom is -0.494 e. The van der Waals surface area contributed by atoms with E-state index in [1.807, 2.05) is 52.0 Å². The number of carbonyl (C=O) groups excluding carboxylic acids is 2. The normalized spacial score (nSPS) is 12.2. The third-order valence-corrected chi connectivity index (χ3v) is 3.12. The van der Waals surface area contributed by atoms with Crippen LogP contribution in [0.1, 0.15) is 52.6 Å². The lowest BCUT2D eigenvalue weighted by atomic mass is 10.1. The van der Waals surface area contributed by atoms with E-state index < -0.39 is 0 Å². The third kappa shape index (κ3) is 7.85. The summed E-state index contributed by atoms with van der Waals surface area (Å²) in [6, 6.07) is 7.06. The van der Waals surface area contributed by atoms with Crippen LogP contribution >= 0.6 is 0 Å². The summed E-state index contributed by atoms with van der Waals surface area (Å²) >= 11 is 0. The Balaban J connectivity index is 2.42. The predicted molar refractivity (Wildman–Crippen MR) is 95.1 cm³/mol. The summed E-state index contributed by atoms with van der Waals surface area (Å²) in [7, 11) is 0. The monoisotopic (exact) mass is 335 g/mol. The van der Waals surface area contributed by atoms with Gasteiger partial charge in [-0.15, -0.1) is 0 Å². The van der Waals surface area contributed by atoms with Crippen LogP contribution in [0.3, 0.4) is 0 Å². The molecule has 1 aromatic rings. The van der Waals surface area contributed by atoms with Gasteiger partial charge in [-0.3, -0.25) is 4.79 Å². The van der Waals surface area contributed by atoms with Crippen molar-refractivity contribution < 1.29 is 14.3 Å². The van der Waals surface area contributed by atoms with Crippen molar-refractivity contribution in [1.82, 2.24) is 16.0 Å². The molecule has 0 saturated carbocycles. The molecule has 1 aromatic carbocycles. The van der Waals surface area contributed by atoms with Crippen LogP contribution in [0.2, 0.25) is 0 Å². The van der Waals surface area contributed by atoms with Gasteiger partial charge in [0.25, 0.3) is 0 Å². The smallest absolute Gasteiger partial charge is 0.315 e. The zero-order valence-corrected chi connectivity index (χ0v) is 15.2. The van der Waals surface area contributed by atoms with Gasteiger partial charge in [0.1, 0.15) is 5.75 Å². The number of hydrogen-bond acceptors (Lipinski definition) is 3. The lowest BCUT2D eigenvalue weighted by Crippen LogP contribution is -2.47. The van der Waals surface area contributed by atoms with E-state index in [4.69, 9.17) is 4.74 Å². The fourth-order valence-electron chi connectivity index (χ4n) is 2.03. The van der Waals surface area contributed by atoms with Gasteiger partial charge in [0.2, 0.25) is 5.91 Å². The Labute approximate surface area is 144 Å². The minimum absolute atomic E-state index is 0.0559. The van der Waals surface area contributed by atoms with Gasteiger partial charge in [0, 0.05) is 5.54 Å². The van der Waals surface area contributed by atoms with E-state index in [2.05, 4.69) is 22.9 Å². The molecule has 0 fully saturated rings. The molecule has 24 heavy (non-hydrogen) atoms. The van der Waals surface area contributed by atoms with Crippen LogP contribution in [0, 0.1) is 0 Å². The highest BCUT2D eigenvalue weighted by atomic mass is 16.5. The van der Waals surface area contributed by atoms with Crippen molar-refractivity contribution >= 4 is 11.9 Å². The second kappa shape index (κ2) is 9.15. The maximum Gasteiger partial charge on any atom is 0.315 e. The maximum absolute atomic E-state index is 11.9. The molecule has 0 bridgehead atoms. The fourth-order valence-corrected chi connectivity index (χ4v) is 2.03. The van der Waals surface area contributed by atoms with Gasteiger partial charge in [-0.2, -0.15) is 0 Å². The Morgan fingerprint density at radius 1 is 1.17 bits per heavy atom. The number of carbonyl (C=O) groups is 2. The summed E-state index contributed by atoms with van der Waals surface area (Å²) in [5.41, 5.74) is 0.651. The van der Waals surface area contributed by atoms with Crippen LogP contribution in [0.25, 0.3) is 0 Å². The molecule has 3 N–H and O–H groups in total. The lowest BCUT2D eigenvalue weighted by molar-refractivity contribution is -0.121. The van der Waals surface area contributed by atoms with E-state index >= 15 is 0 Å². The van der Waals surface area contributed by atoms with E-state index in [9.17, 15) is 9.59 Å². The molecule has 0 heterocycles. The number of amides is 3. The third-order valence-electron chi connectivity index (χ3n) is 3.12. The molecule has 1 unspecified atom stereocenters. The number of ether oxygens (including phenoxy) is 1. The minimum atomic E-state index is -0.377. The van der Waals surface area contributed by atoms with E-state index in [-0.39, 0.29) is 30.1 Å². The van der Waals surface area contributed by atoms with Crippen molar-refractivity contribution in [2.45, 2.75) is 52.6 Å². The van der Waals surface area contributed by atoms with Gasteiger partial charge in [-0.1, -0.05) is 19.1 Å². The average molecular weight is 335 g/mol. The van der Waals surface area contributed by atoms with Gasteiger partial charge in [-0.05, 0) is 51.8 Å². The van der Waals surface area contributed by atoms with Gasteiger partial charge in [0.15, 0.2) is 0 Å². The van der Waals surface area contributed by atoms with E-state index in [1.165, 1.54) is 0 Å². The number of nitrogens with one attached hydrogen (secondary N) is 3. The zero-order chi connectivity index (χ0) is 18.2. The summed E-state index contributed by atoms with van der Waals surface area (Å²) in [6.45, 7) is 10.2. The van der Waals surface area contributed by atoms with Crippen molar-refractivity contribution in [3.8, 4) is 5.75 Å². The molecule has 0 saturated heterocycles. The van der Waals surface area contributed by atoms with Crippen LogP contribution in [0.4, 0.5) is 4.79 Å². The summed E-state index contributed by atoms with van der Waals surface area (Å²) < 4.78 is 5.53. The van der Waals surface area contributed by atoms with Gasteiger partial charge >= 0.3 is 6.03 Å². The fraction of sp³-hybridized carbons (Fsp3) is 0.556. The lowest BCUT2D eigenvalue weighted by Gasteiger charge is -2.21. The topological polar surface area (TPSA) is 79.5 Å². The van der Waals surface area contributed by atoms with Crippen LogP contribution in [-0.4, -0.2) is 30.6 Å². The first kappa shape index (κ1) is 19.8. The molecular formula is C18H29N3O3. The van der Waals surface area contributed by atoms with Crippen LogP contribution in [0.15, 0.2) is 24.3 Å². The molecule has 1 rings (SSSR count). The first-order valence-electron chi connectivity index (χ1n) is 8.29. The molecule has 0 spiro atoms. The molecule has 6 nitrogen and oxygen atoms in total. The Morgan fingerprint density at radius 3 is 2.33 bits per heavy atom. The van der Waals surface area contributed by atoms with Crippen molar-refractivity contribution in [3.63, 3.8) is 0 Å². The van der Waals surface area contributed by atoms with Gasteiger partial charge < -0.3 is 20.7 Å². The van der Waals surface area contributed by atoms with Crippen molar-refractivity contribution in [2.75, 3.05) is 13.2 Å². The van der Waals surface area contributed by atoms with Crippen LogP contribution in [-0.2, 0) is 4.79 Å². The summed E-state index contributed by atoms with van der Waals surface area (Å²) in [5, 5.41) is 8.15. The Morgan fingerprint density at radius 2 is 1.79 bits per heavy atom. The molecule has 1 atom stereocenters. The summed E-state index contributed by atoms with van der Waals surface area (Å²) in [4.78, 5) is 23.6. The SMILES string of the molecule is CCCOc1ccc(C(C)NC(=O)NCC(=O)NC(C)(C)C)cc1. The summed E-state index contributed by atoms with van der Waals surface area (Å²) in [5.74, 6) is 0.596. The highest BCUT2D eigenvalue weighted by molar-refractivity contribution is 5.84. The highest BCUT2D eigenvalue weighted by Gasteiger charge is 2.15. The Bertz CT molecular complexity index is 535. The number of urea groups is 1. The molecule has 0 radical (unpaired) electrons. The van der Waals surface area contributed by atoms with E-state index in [1.54, 1.807) is 0 Å². The van der Waals surface area contributed by atoms with Crippen molar-refractivity contribution in [1.29, 1.82) is 0 Å². The molecule has 134 valence electrons. The van der Waals surface area contributed by atoms with Crippen molar-refractivity contribution in [3.05, 3.63) is 29.8 Å². The molecule has 0 aliphatic heterocycles. The van der Waals surface area contributed by atoms with Crippen LogP contribution in [0.5, 0.6) is 5.75 Å². The average Bonchev–Trinajstić information content (AvgIpc) is 2.49. The quantitative estimate of drug-likeness (QED) is 0.717. The number of hydrogen-bond donors (Lipinski definition) is 3. The largest absolute Gasteiger partial charge is 0.494 e. The summed E-state index contributed by atoms with van der Waals surface area (Å²) in [6.07, 6.45) is 0.961. The molecule has 0 aliphatic rings. The molecule has 0 aromatic heterocycles. The maximum atomic E-state index is 11.9. The highest BCUT2D eigenvalue weighted by Crippen LogP contribution is 2.17. The zero-order valence-electron chi connectivity index (χ0n) is 15.2. The standard InChI is InChI=1S/C18H29N3O3/c1-6-11-24-15-9-7-14(8-10-15)13(2)20-17(23)19-12-16(22)21-18(3,4)5/h7-10,13H,6,11-12H2,1-5H3,(H,21,22)(H2,19,20,23). The number of benzene rings is 1. The molecule has 0 aliphatic carbocycles. The van der Waals surface area contributed by atoms with Gasteiger partial charge in [0.05, 0.1) is 19.2 Å². The van der Waals surface area contributed by atoms with Gasteiger partial charge in [-0.25, -0.2) is 4.79 Å². The Hall–Kier alpha value is -2.24. The van der Waals surface area contributed by atoms with E-state index in [0.717, 1.165) is 17.7 Å². The second-order valence-corrected chi connectivity index (χ2v) is 6.76. The first-order chi connectivity index (χ1) is 11.2. The van der Waals surface area contributed by atoms with Crippen LogP contribution < -0.4 is 20.7 Å².